The van der Waals surface area contributed by atoms with E-state index in [0.717, 1.165) is 28.9 Å². The Labute approximate surface area is 116 Å². The van der Waals surface area contributed by atoms with Gasteiger partial charge in [0, 0.05) is 22.1 Å². The molecule has 1 atom stereocenters. The maximum atomic E-state index is 10.8. The van der Waals surface area contributed by atoms with Crippen LogP contribution < -0.4 is 0 Å². The quantitative estimate of drug-likeness (QED) is 0.610. The van der Waals surface area contributed by atoms with Crippen molar-refractivity contribution in [1.29, 1.82) is 0 Å². The van der Waals surface area contributed by atoms with Crippen LogP contribution in [0.1, 0.15) is 22.3 Å². The molecule has 0 spiro atoms. The van der Waals surface area contributed by atoms with Crippen molar-refractivity contribution in [3.63, 3.8) is 0 Å². The van der Waals surface area contributed by atoms with Crippen molar-refractivity contribution in [2.45, 2.75) is 19.2 Å². The first-order valence-corrected chi connectivity index (χ1v) is 6.40. The summed E-state index contributed by atoms with van der Waals surface area (Å²) in [7, 11) is 0. The van der Waals surface area contributed by atoms with E-state index in [1.807, 2.05) is 44.2 Å². The lowest BCUT2D eigenvalue weighted by Crippen LogP contribution is -2.00. The Kier molecular flexibility index (Phi) is 3.79. The fourth-order valence-electron chi connectivity index (χ4n) is 2.13. The van der Waals surface area contributed by atoms with Gasteiger partial charge in [-0.2, -0.15) is 0 Å². The van der Waals surface area contributed by atoms with E-state index in [4.69, 9.17) is 23.2 Å². The molecular formula is C14H13Cl2NO. The zero-order chi connectivity index (χ0) is 13.3. The molecule has 94 valence electrons. The lowest BCUT2D eigenvalue weighted by Gasteiger charge is -2.10. The van der Waals surface area contributed by atoms with Crippen LogP contribution in [0.5, 0.6) is 0 Å². The first-order valence-electron chi connectivity index (χ1n) is 5.58. The monoisotopic (exact) mass is 281 g/mol. The van der Waals surface area contributed by atoms with E-state index in [1.54, 1.807) is 0 Å². The molecule has 1 aromatic heterocycles. The van der Waals surface area contributed by atoms with Gasteiger partial charge in [-0.3, -0.25) is 0 Å². The molecule has 1 heterocycles. The predicted octanol–water partition coefficient (Wildman–Crippen LogP) is 4.23. The summed E-state index contributed by atoms with van der Waals surface area (Å²) in [6.07, 6.45) is 0.746. The number of alkyl halides is 1. The van der Waals surface area contributed by atoms with E-state index >= 15 is 0 Å². The number of rotatable bonds is 3. The Bertz CT molecular complexity index is 572. The van der Waals surface area contributed by atoms with Crippen LogP contribution in [-0.4, -0.2) is 10.9 Å². The summed E-state index contributed by atoms with van der Waals surface area (Å²) >= 11 is 11.9. The molecule has 0 N–H and O–H groups in total. The molecule has 0 amide bonds. The largest absolute Gasteiger partial charge is 0.318 e. The molecule has 1 aromatic carbocycles. The highest BCUT2D eigenvalue weighted by Gasteiger charge is 2.16. The first kappa shape index (κ1) is 13.2. The van der Waals surface area contributed by atoms with E-state index in [9.17, 15) is 4.79 Å². The molecule has 2 rings (SSSR count). The molecule has 0 aliphatic rings. The number of benzene rings is 1. The second-order valence-corrected chi connectivity index (χ2v) is 5.08. The fourth-order valence-corrected chi connectivity index (χ4v) is 2.47. The molecule has 0 saturated heterocycles. The van der Waals surface area contributed by atoms with Gasteiger partial charge in [0.2, 0.25) is 0 Å². The van der Waals surface area contributed by atoms with Crippen molar-refractivity contribution in [2.24, 2.45) is 0 Å². The second kappa shape index (κ2) is 5.17. The van der Waals surface area contributed by atoms with Gasteiger partial charge in [0.25, 0.3) is 0 Å². The Morgan fingerprint density at radius 2 is 1.83 bits per heavy atom. The van der Waals surface area contributed by atoms with Crippen molar-refractivity contribution in [2.75, 3.05) is 0 Å². The van der Waals surface area contributed by atoms with Gasteiger partial charge in [-0.1, -0.05) is 11.6 Å². The molecule has 0 saturated carbocycles. The topological polar surface area (TPSA) is 22.0 Å². The Morgan fingerprint density at radius 1 is 1.22 bits per heavy atom. The number of aryl methyl sites for hydroxylation is 1. The average Bonchev–Trinajstić information content (AvgIpc) is 2.65. The molecule has 1 unspecified atom stereocenters. The molecular weight excluding hydrogens is 269 g/mol. The second-order valence-electron chi connectivity index (χ2n) is 4.18. The summed E-state index contributed by atoms with van der Waals surface area (Å²) in [6.45, 7) is 3.94. The third-order valence-electron chi connectivity index (χ3n) is 2.97. The van der Waals surface area contributed by atoms with Crippen molar-refractivity contribution in [1.82, 2.24) is 4.57 Å². The minimum absolute atomic E-state index is 0.600. The zero-order valence-corrected chi connectivity index (χ0v) is 11.7. The fraction of sp³-hybridized carbons (Fsp3) is 0.214. The molecule has 0 aliphatic heterocycles. The van der Waals surface area contributed by atoms with Gasteiger partial charge in [0.1, 0.15) is 11.7 Å². The normalized spacial score (nSPS) is 12.4. The maximum absolute atomic E-state index is 10.8. The van der Waals surface area contributed by atoms with Gasteiger partial charge in [-0.05, 0) is 49.7 Å². The van der Waals surface area contributed by atoms with Gasteiger partial charge in [0.15, 0.2) is 0 Å². The first-order chi connectivity index (χ1) is 8.54. The molecule has 0 radical (unpaired) electrons. The van der Waals surface area contributed by atoms with Crippen molar-refractivity contribution >= 4 is 29.5 Å². The summed E-state index contributed by atoms with van der Waals surface area (Å²) in [6, 6.07) is 9.50. The Hall–Kier alpha value is -1.25. The van der Waals surface area contributed by atoms with Crippen LogP contribution in [0, 0.1) is 13.8 Å². The van der Waals surface area contributed by atoms with Crippen LogP contribution in [0.2, 0.25) is 5.02 Å². The number of carbonyl (C=O) groups is 1. The zero-order valence-electron chi connectivity index (χ0n) is 10.2. The average molecular weight is 282 g/mol. The summed E-state index contributed by atoms with van der Waals surface area (Å²) in [4.78, 5) is 10.8. The minimum Gasteiger partial charge on any atom is -0.318 e. The van der Waals surface area contributed by atoms with Crippen LogP contribution in [0.25, 0.3) is 5.69 Å². The number of nitrogens with zero attached hydrogens (tertiary/aromatic N) is 1. The Morgan fingerprint density at radius 3 is 2.39 bits per heavy atom. The Balaban J connectivity index is 2.55. The third kappa shape index (κ3) is 2.31. The molecule has 0 fully saturated rings. The smallest absolute Gasteiger partial charge is 0.142 e. The number of hydrogen-bond donors (Lipinski definition) is 0. The molecule has 18 heavy (non-hydrogen) atoms. The highest BCUT2D eigenvalue weighted by molar-refractivity contribution is 6.30. The number of carbonyl (C=O) groups excluding carboxylic acids is 1. The van der Waals surface area contributed by atoms with Gasteiger partial charge in [0.05, 0.1) is 0 Å². The molecule has 2 nitrogen and oxygen atoms in total. The van der Waals surface area contributed by atoms with E-state index < -0.39 is 5.38 Å². The van der Waals surface area contributed by atoms with Gasteiger partial charge in [-0.25, -0.2) is 0 Å². The van der Waals surface area contributed by atoms with Crippen molar-refractivity contribution in [3.05, 3.63) is 52.3 Å². The molecule has 2 aromatic rings. The highest BCUT2D eigenvalue weighted by atomic mass is 35.5. The van der Waals surface area contributed by atoms with E-state index in [-0.39, 0.29) is 0 Å². The number of hydrogen-bond acceptors (Lipinski definition) is 1. The number of halogens is 2. The van der Waals surface area contributed by atoms with Crippen LogP contribution in [-0.2, 0) is 4.79 Å². The van der Waals surface area contributed by atoms with Crippen molar-refractivity contribution in [3.8, 4) is 5.69 Å². The van der Waals surface area contributed by atoms with Crippen LogP contribution in [0.3, 0.4) is 0 Å². The lowest BCUT2D eigenvalue weighted by molar-refractivity contribution is -0.107. The summed E-state index contributed by atoms with van der Waals surface area (Å²) in [5.41, 5.74) is 3.87. The standard InChI is InChI=1S/C14H13Cl2NO/c1-9-7-13(14(16)8-18)10(2)17(9)12-5-3-11(15)4-6-12/h3-8,14H,1-2H3. The SMILES string of the molecule is Cc1cc(C(Cl)C=O)c(C)n1-c1ccc(Cl)cc1. The van der Waals surface area contributed by atoms with Crippen molar-refractivity contribution < 1.29 is 4.79 Å². The highest BCUT2D eigenvalue weighted by Crippen LogP contribution is 2.28. The summed E-state index contributed by atoms with van der Waals surface area (Å²) < 4.78 is 2.06. The van der Waals surface area contributed by atoms with E-state index in [2.05, 4.69) is 4.57 Å². The van der Waals surface area contributed by atoms with Crippen LogP contribution in [0.15, 0.2) is 30.3 Å². The van der Waals surface area contributed by atoms with E-state index in [0.29, 0.717) is 5.02 Å². The number of aldehydes is 1. The molecule has 4 heteroatoms. The molecule has 0 bridgehead atoms. The lowest BCUT2D eigenvalue weighted by atomic mass is 10.2. The van der Waals surface area contributed by atoms with Gasteiger partial charge >= 0.3 is 0 Å². The third-order valence-corrected chi connectivity index (χ3v) is 3.56. The van der Waals surface area contributed by atoms with Gasteiger partial charge < -0.3 is 9.36 Å². The number of aromatic nitrogens is 1. The van der Waals surface area contributed by atoms with Crippen LogP contribution in [0.4, 0.5) is 0 Å². The predicted molar refractivity (Wildman–Crippen MR) is 74.9 cm³/mol. The summed E-state index contributed by atoms with van der Waals surface area (Å²) in [5.74, 6) is 0. The van der Waals surface area contributed by atoms with E-state index in [1.165, 1.54) is 0 Å². The molecule has 0 aliphatic carbocycles. The van der Waals surface area contributed by atoms with Gasteiger partial charge in [-0.15, -0.1) is 11.6 Å². The summed E-state index contributed by atoms with van der Waals surface area (Å²) in [5, 5.41) is 0.0989. The minimum atomic E-state index is -0.600. The van der Waals surface area contributed by atoms with Crippen LogP contribution >= 0.6 is 23.2 Å². The maximum Gasteiger partial charge on any atom is 0.142 e.